The Kier molecular flexibility index (Phi) is 6.52. The summed E-state index contributed by atoms with van der Waals surface area (Å²) in [6.45, 7) is 3.73. The second-order valence-electron chi connectivity index (χ2n) is 7.12. The molecule has 2 aromatic carbocycles. The van der Waals surface area contributed by atoms with Crippen LogP contribution in [0.2, 0.25) is 0 Å². The molecule has 0 spiro atoms. The molecule has 26 heavy (non-hydrogen) atoms. The Morgan fingerprint density at radius 1 is 1.00 bits per heavy atom. The van der Waals surface area contributed by atoms with Crippen molar-refractivity contribution in [1.29, 1.82) is 0 Å². The molecule has 2 amide bonds. The molecule has 3 N–H and O–H groups in total. The van der Waals surface area contributed by atoms with E-state index in [0.29, 0.717) is 13.0 Å². The van der Waals surface area contributed by atoms with Gasteiger partial charge in [-0.2, -0.15) is 0 Å². The first-order chi connectivity index (χ1) is 12.3. The van der Waals surface area contributed by atoms with Crippen molar-refractivity contribution in [2.45, 2.75) is 38.4 Å². The summed E-state index contributed by atoms with van der Waals surface area (Å²) in [5, 5.41) is 2.82. The van der Waals surface area contributed by atoms with Gasteiger partial charge in [0, 0.05) is 20.0 Å². The normalized spacial score (nSPS) is 12.3. The summed E-state index contributed by atoms with van der Waals surface area (Å²) in [5.41, 5.74) is 6.85. The van der Waals surface area contributed by atoms with E-state index in [0.717, 1.165) is 11.1 Å². The van der Waals surface area contributed by atoms with Crippen LogP contribution in [0, 0.1) is 0 Å². The average Bonchev–Trinajstić information content (AvgIpc) is 2.61. The highest BCUT2D eigenvalue weighted by Gasteiger charge is 2.29. The third kappa shape index (κ3) is 5.70. The lowest BCUT2D eigenvalue weighted by atomic mass is 10.0. The lowest BCUT2D eigenvalue weighted by Crippen LogP contribution is -2.56. The second kappa shape index (κ2) is 8.63. The molecule has 0 heterocycles. The van der Waals surface area contributed by atoms with E-state index in [1.807, 2.05) is 60.7 Å². The van der Waals surface area contributed by atoms with Crippen LogP contribution >= 0.6 is 0 Å². The van der Waals surface area contributed by atoms with Gasteiger partial charge in [0.15, 0.2) is 0 Å². The monoisotopic (exact) mass is 353 g/mol. The first-order valence-corrected chi connectivity index (χ1v) is 8.70. The number of hydrogen-bond donors (Lipinski definition) is 2. The lowest BCUT2D eigenvalue weighted by Gasteiger charge is -2.27. The molecule has 5 heteroatoms. The van der Waals surface area contributed by atoms with Crippen molar-refractivity contribution in [3.8, 4) is 0 Å². The number of likely N-dealkylation sites (N-methyl/N-ethyl adjacent to an activating group) is 1. The van der Waals surface area contributed by atoms with Crippen LogP contribution in [0.5, 0.6) is 0 Å². The molecule has 0 aromatic heterocycles. The van der Waals surface area contributed by atoms with Crippen LogP contribution in [0.25, 0.3) is 0 Å². The number of hydrogen-bond acceptors (Lipinski definition) is 3. The van der Waals surface area contributed by atoms with Crippen LogP contribution in [0.15, 0.2) is 60.7 Å². The Labute approximate surface area is 155 Å². The zero-order valence-electron chi connectivity index (χ0n) is 15.6. The first kappa shape index (κ1) is 19.7. The molecule has 1 atom stereocenters. The second-order valence-corrected chi connectivity index (χ2v) is 7.12. The maximum atomic E-state index is 13.0. The molecule has 2 aromatic rings. The summed E-state index contributed by atoms with van der Waals surface area (Å²) < 4.78 is 0. The summed E-state index contributed by atoms with van der Waals surface area (Å²) in [4.78, 5) is 27.0. The van der Waals surface area contributed by atoms with E-state index in [-0.39, 0.29) is 11.8 Å². The molecule has 2 rings (SSSR count). The number of carbonyl (C=O) groups excluding carboxylic acids is 2. The van der Waals surface area contributed by atoms with Crippen molar-refractivity contribution >= 4 is 11.8 Å². The summed E-state index contributed by atoms with van der Waals surface area (Å²) >= 11 is 0. The van der Waals surface area contributed by atoms with Crippen LogP contribution in [0.1, 0.15) is 25.0 Å². The molecule has 0 unspecified atom stereocenters. The largest absolute Gasteiger partial charge is 0.342 e. The zero-order valence-corrected chi connectivity index (χ0v) is 15.6. The van der Waals surface area contributed by atoms with E-state index in [2.05, 4.69) is 5.32 Å². The first-order valence-electron chi connectivity index (χ1n) is 8.70. The third-order valence-corrected chi connectivity index (χ3v) is 4.11. The molecule has 0 fully saturated rings. The zero-order chi connectivity index (χ0) is 19.2. The van der Waals surface area contributed by atoms with E-state index < -0.39 is 11.6 Å². The van der Waals surface area contributed by atoms with E-state index in [9.17, 15) is 9.59 Å². The molecule has 0 radical (unpaired) electrons. The van der Waals surface area contributed by atoms with Crippen molar-refractivity contribution in [3.63, 3.8) is 0 Å². The van der Waals surface area contributed by atoms with E-state index in [1.54, 1.807) is 25.8 Å². The summed E-state index contributed by atoms with van der Waals surface area (Å²) in [6.07, 6.45) is 0.417. The number of nitrogens with one attached hydrogen (secondary N) is 1. The van der Waals surface area contributed by atoms with Crippen LogP contribution in [-0.2, 0) is 22.6 Å². The number of amides is 2. The molecule has 0 bridgehead atoms. The van der Waals surface area contributed by atoms with Crippen molar-refractivity contribution < 1.29 is 9.59 Å². The number of nitrogens with two attached hydrogens (primary N) is 1. The average molecular weight is 353 g/mol. The third-order valence-electron chi connectivity index (χ3n) is 4.11. The van der Waals surface area contributed by atoms with Gasteiger partial charge in [-0.05, 0) is 25.0 Å². The van der Waals surface area contributed by atoms with Crippen LogP contribution < -0.4 is 11.1 Å². The minimum Gasteiger partial charge on any atom is -0.342 e. The van der Waals surface area contributed by atoms with Crippen molar-refractivity contribution in [2.24, 2.45) is 5.73 Å². The SMILES string of the molecule is CN(Cc1ccccc1)C(=O)[C@H](Cc1ccccc1)NC(=O)C(C)(C)N. The molecule has 0 aliphatic heterocycles. The maximum Gasteiger partial charge on any atom is 0.245 e. The molecule has 138 valence electrons. The standard InChI is InChI=1S/C21H27N3O2/c1-21(2,22)20(26)23-18(14-16-10-6-4-7-11-16)19(25)24(3)15-17-12-8-5-9-13-17/h4-13,18H,14-15,22H2,1-3H3,(H,23,26)/t18-/m0/s1. The highest BCUT2D eigenvalue weighted by molar-refractivity contribution is 5.91. The Hall–Kier alpha value is -2.66. The molecular formula is C21H27N3O2. The Morgan fingerprint density at radius 2 is 1.50 bits per heavy atom. The fourth-order valence-electron chi connectivity index (χ4n) is 2.60. The fourth-order valence-corrected chi connectivity index (χ4v) is 2.60. The minimum atomic E-state index is -1.05. The van der Waals surface area contributed by atoms with Gasteiger partial charge < -0.3 is 16.0 Å². The van der Waals surface area contributed by atoms with Crippen molar-refractivity contribution in [3.05, 3.63) is 71.8 Å². The highest BCUT2D eigenvalue weighted by Crippen LogP contribution is 2.10. The lowest BCUT2D eigenvalue weighted by molar-refractivity contribution is -0.136. The minimum absolute atomic E-state index is 0.143. The molecule has 0 saturated heterocycles. The van der Waals surface area contributed by atoms with Gasteiger partial charge in [-0.3, -0.25) is 9.59 Å². The van der Waals surface area contributed by atoms with Crippen LogP contribution in [0.4, 0.5) is 0 Å². The fraction of sp³-hybridized carbons (Fsp3) is 0.333. The molecule has 5 nitrogen and oxygen atoms in total. The Morgan fingerprint density at radius 3 is 2.00 bits per heavy atom. The Balaban J connectivity index is 2.15. The number of benzene rings is 2. The molecule has 0 aliphatic carbocycles. The number of carbonyl (C=O) groups is 2. The van der Waals surface area contributed by atoms with E-state index in [1.165, 1.54) is 0 Å². The van der Waals surface area contributed by atoms with E-state index in [4.69, 9.17) is 5.73 Å². The Bertz CT molecular complexity index is 724. The molecule has 0 saturated carbocycles. The van der Waals surface area contributed by atoms with Crippen LogP contribution in [-0.4, -0.2) is 35.3 Å². The summed E-state index contributed by atoms with van der Waals surface area (Å²) in [6, 6.07) is 18.7. The predicted octanol–water partition coefficient (Wildman–Crippen LogP) is 2.11. The van der Waals surface area contributed by atoms with Gasteiger partial charge in [0.2, 0.25) is 11.8 Å². The van der Waals surface area contributed by atoms with Gasteiger partial charge in [-0.25, -0.2) is 0 Å². The van der Waals surface area contributed by atoms with Gasteiger partial charge >= 0.3 is 0 Å². The van der Waals surface area contributed by atoms with Gasteiger partial charge in [0.05, 0.1) is 5.54 Å². The summed E-state index contributed by atoms with van der Waals surface area (Å²) in [5.74, 6) is -0.491. The van der Waals surface area contributed by atoms with Gasteiger partial charge in [0.25, 0.3) is 0 Å². The number of nitrogens with zero attached hydrogens (tertiary/aromatic N) is 1. The predicted molar refractivity (Wildman–Crippen MR) is 103 cm³/mol. The van der Waals surface area contributed by atoms with E-state index >= 15 is 0 Å². The van der Waals surface area contributed by atoms with Gasteiger partial charge in [-0.15, -0.1) is 0 Å². The highest BCUT2D eigenvalue weighted by atomic mass is 16.2. The quantitative estimate of drug-likeness (QED) is 0.800. The maximum absolute atomic E-state index is 13.0. The summed E-state index contributed by atoms with van der Waals surface area (Å²) in [7, 11) is 1.74. The molecule has 0 aliphatic rings. The van der Waals surface area contributed by atoms with Crippen molar-refractivity contribution in [2.75, 3.05) is 7.05 Å². The van der Waals surface area contributed by atoms with Gasteiger partial charge in [0.1, 0.15) is 6.04 Å². The van der Waals surface area contributed by atoms with Gasteiger partial charge in [-0.1, -0.05) is 60.7 Å². The smallest absolute Gasteiger partial charge is 0.245 e. The van der Waals surface area contributed by atoms with Crippen LogP contribution in [0.3, 0.4) is 0 Å². The molecular weight excluding hydrogens is 326 g/mol. The number of rotatable bonds is 7. The van der Waals surface area contributed by atoms with Crippen molar-refractivity contribution in [1.82, 2.24) is 10.2 Å². The topological polar surface area (TPSA) is 75.4 Å².